The Labute approximate surface area is 119 Å². The lowest BCUT2D eigenvalue weighted by Gasteiger charge is -2.08. The molecule has 0 bridgehead atoms. The number of benzene rings is 1. The van der Waals surface area contributed by atoms with Crippen LogP contribution in [0.5, 0.6) is 0 Å². The fourth-order valence-corrected chi connectivity index (χ4v) is 2.70. The zero-order chi connectivity index (χ0) is 14.8. The lowest BCUT2D eigenvalue weighted by atomic mass is 10.3. The molecule has 20 heavy (non-hydrogen) atoms. The van der Waals surface area contributed by atoms with Crippen LogP contribution in [0.3, 0.4) is 0 Å². The Morgan fingerprint density at radius 3 is 2.55 bits per heavy atom. The molecule has 8 heteroatoms. The molecule has 104 valence electrons. The van der Waals surface area contributed by atoms with E-state index in [0.29, 0.717) is 0 Å². The average Bonchev–Trinajstić information content (AvgIpc) is 2.38. The van der Waals surface area contributed by atoms with E-state index in [1.54, 1.807) is 4.72 Å². The van der Waals surface area contributed by atoms with Crippen LogP contribution in [-0.2, 0) is 10.0 Å². The van der Waals surface area contributed by atoms with E-state index >= 15 is 0 Å². The average molecular weight is 315 g/mol. The second kappa shape index (κ2) is 5.56. The van der Waals surface area contributed by atoms with E-state index in [4.69, 9.17) is 11.6 Å². The highest BCUT2D eigenvalue weighted by Gasteiger charge is 2.23. The highest BCUT2D eigenvalue weighted by molar-refractivity contribution is 7.90. The van der Waals surface area contributed by atoms with Gasteiger partial charge >= 0.3 is 0 Å². The van der Waals surface area contributed by atoms with Crippen LogP contribution in [0.1, 0.15) is 10.4 Å². The largest absolute Gasteiger partial charge is 0.268 e. The van der Waals surface area contributed by atoms with Crippen LogP contribution in [0.25, 0.3) is 0 Å². The van der Waals surface area contributed by atoms with Gasteiger partial charge in [-0.3, -0.25) is 4.79 Å². The maximum absolute atomic E-state index is 13.4. The minimum atomic E-state index is -4.32. The summed E-state index contributed by atoms with van der Waals surface area (Å²) < 4.78 is 39.0. The van der Waals surface area contributed by atoms with Gasteiger partial charge in [-0.2, -0.15) is 0 Å². The molecule has 0 spiro atoms. The second-order valence-corrected chi connectivity index (χ2v) is 5.72. The van der Waals surface area contributed by atoms with Crippen molar-refractivity contribution in [1.29, 1.82) is 0 Å². The summed E-state index contributed by atoms with van der Waals surface area (Å²) >= 11 is 5.68. The second-order valence-electron chi connectivity index (χ2n) is 3.71. The van der Waals surface area contributed by atoms with Crippen molar-refractivity contribution < 1.29 is 17.6 Å². The summed E-state index contributed by atoms with van der Waals surface area (Å²) in [4.78, 5) is 14.9. The minimum absolute atomic E-state index is 0.117. The van der Waals surface area contributed by atoms with Crippen LogP contribution in [0.15, 0.2) is 47.5 Å². The van der Waals surface area contributed by atoms with Gasteiger partial charge in [0.15, 0.2) is 0 Å². The van der Waals surface area contributed by atoms with Gasteiger partial charge in [-0.1, -0.05) is 23.7 Å². The molecule has 1 N–H and O–H groups in total. The van der Waals surface area contributed by atoms with Gasteiger partial charge in [-0.05, 0) is 24.3 Å². The molecule has 2 aromatic rings. The quantitative estimate of drug-likeness (QED) is 0.879. The van der Waals surface area contributed by atoms with Gasteiger partial charge in [0, 0.05) is 6.20 Å². The number of amides is 1. The standard InChI is InChI=1S/C12H8ClFN2O3S/c13-11-8(4-3-7-15-11)12(17)16-20(18,19)10-6-2-1-5-9(10)14/h1-7H,(H,16,17). The molecule has 0 fully saturated rings. The maximum atomic E-state index is 13.4. The molecule has 5 nitrogen and oxygen atoms in total. The van der Waals surface area contributed by atoms with E-state index in [-0.39, 0.29) is 10.7 Å². The van der Waals surface area contributed by atoms with Crippen LogP contribution in [0, 0.1) is 5.82 Å². The number of carbonyl (C=O) groups excluding carboxylic acids is 1. The van der Waals surface area contributed by atoms with Gasteiger partial charge in [0.2, 0.25) is 0 Å². The van der Waals surface area contributed by atoms with Crippen molar-refractivity contribution in [2.75, 3.05) is 0 Å². The van der Waals surface area contributed by atoms with Gasteiger partial charge in [-0.25, -0.2) is 22.5 Å². The van der Waals surface area contributed by atoms with Crippen molar-refractivity contribution in [2.24, 2.45) is 0 Å². The Bertz CT molecular complexity index is 765. The Hall–Kier alpha value is -1.99. The number of nitrogens with zero attached hydrogens (tertiary/aromatic N) is 1. The van der Waals surface area contributed by atoms with Crippen molar-refractivity contribution >= 4 is 27.5 Å². The first-order valence-corrected chi connectivity index (χ1v) is 7.20. The number of nitrogens with one attached hydrogen (secondary N) is 1. The van der Waals surface area contributed by atoms with E-state index < -0.39 is 26.6 Å². The third kappa shape index (κ3) is 2.94. The Kier molecular flexibility index (Phi) is 4.01. The third-order valence-electron chi connectivity index (χ3n) is 2.36. The Morgan fingerprint density at radius 1 is 1.20 bits per heavy atom. The summed E-state index contributed by atoms with van der Waals surface area (Å²) in [5.74, 6) is -1.93. The highest BCUT2D eigenvalue weighted by atomic mass is 35.5. The van der Waals surface area contributed by atoms with Crippen LogP contribution >= 0.6 is 11.6 Å². The molecule has 1 aromatic carbocycles. The van der Waals surface area contributed by atoms with Gasteiger partial charge in [0.25, 0.3) is 15.9 Å². The highest BCUT2D eigenvalue weighted by Crippen LogP contribution is 2.16. The van der Waals surface area contributed by atoms with Crippen molar-refractivity contribution in [2.45, 2.75) is 4.90 Å². The predicted octanol–water partition coefficient (Wildman–Crippen LogP) is 1.99. The first-order valence-electron chi connectivity index (χ1n) is 5.34. The smallest absolute Gasteiger partial charge is 0.268 e. The maximum Gasteiger partial charge on any atom is 0.268 e. The van der Waals surface area contributed by atoms with Gasteiger partial charge in [0.05, 0.1) is 5.56 Å². The fourth-order valence-electron chi connectivity index (χ4n) is 1.45. The molecular weight excluding hydrogens is 307 g/mol. The van der Waals surface area contributed by atoms with Crippen molar-refractivity contribution in [3.05, 3.63) is 59.1 Å². The molecule has 0 unspecified atom stereocenters. The van der Waals surface area contributed by atoms with Crippen molar-refractivity contribution in [1.82, 2.24) is 9.71 Å². The molecule has 0 radical (unpaired) electrons. The van der Waals surface area contributed by atoms with Crippen molar-refractivity contribution in [3.8, 4) is 0 Å². The number of carbonyl (C=O) groups is 1. The van der Waals surface area contributed by atoms with Crippen molar-refractivity contribution in [3.63, 3.8) is 0 Å². The monoisotopic (exact) mass is 314 g/mol. The van der Waals surface area contributed by atoms with Gasteiger partial charge in [0.1, 0.15) is 15.9 Å². The zero-order valence-electron chi connectivity index (χ0n) is 9.88. The molecule has 0 saturated carbocycles. The zero-order valence-corrected chi connectivity index (χ0v) is 11.5. The number of halogens is 2. The molecule has 0 aliphatic rings. The summed E-state index contributed by atoms with van der Waals surface area (Å²) in [7, 11) is -4.32. The predicted molar refractivity (Wildman–Crippen MR) is 70.3 cm³/mol. The normalized spacial score (nSPS) is 11.1. The van der Waals surface area contributed by atoms with E-state index in [1.807, 2.05) is 0 Å². The molecule has 0 atom stereocenters. The number of aromatic nitrogens is 1. The van der Waals surface area contributed by atoms with Gasteiger partial charge in [-0.15, -0.1) is 0 Å². The van der Waals surface area contributed by atoms with Gasteiger partial charge < -0.3 is 0 Å². The molecule has 0 aliphatic carbocycles. The van der Waals surface area contributed by atoms with E-state index in [0.717, 1.165) is 12.1 Å². The Morgan fingerprint density at radius 2 is 1.90 bits per heavy atom. The SMILES string of the molecule is O=C(NS(=O)(=O)c1ccccc1F)c1cccnc1Cl. The molecule has 1 amide bonds. The number of sulfonamides is 1. The van der Waals surface area contributed by atoms with E-state index in [1.165, 1.54) is 30.5 Å². The van der Waals surface area contributed by atoms with E-state index in [2.05, 4.69) is 4.98 Å². The molecule has 1 aromatic heterocycles. The molecule has 0 saturated heterocycles. The van der Waals surface area contributed by atoms with Crippen LogP contribution in [0.4, 0.5) is 4.39 Å². The first-order chi connectivity index (χ1) is 9.42. The topological polar surface area (TPSA) is 76.1 Å². The lowest BCUT2D eigenvalue weighted by Crippen LogP contribution is -2.31. The third-order valence-corrected chi connectivity index (χ3v) is 4.02. The fraction of sp³-hybridized carbons (Fsp3) is 0. The van der Waals surface area contributed by atoms with Crippen LogP contribution in [-0.4, -0.2) is 19.3 Å². The summed E-state index contributed by atoms with van der Waals surface area (Å²) in [6.45, 7) is 0. The molecule has 2 rings (SSSR count). The molecule has 0 aliphatic heterocycles. The summed E-state index contributed by atoms with van der Waals surface area (Å²) in [5, 5.41) is -0.145. The number of hydrogen-bond acceptors (Lipinski definition) is 4. The summed E-state index contributed by atoms with van der Waals surface area (Å²) in [5.41, 5.74) is -0.117. The summed E-state index contributed by atoms with van der Waals surface area (Å²) in [6.07, 6.45) is 1.35. The summed E-state index contributed by atoms with van der Waals surface area (Å²) in [6, 6.07) is 7.46. The van der Waals surface area contributed by atoms with Crippen LogP contribution in [0.2, 0.25) is 5.15 Å². The molecule has 1 heterocycles. The lowest BCUT2D eigenvalue weighted by molar-refractivity contribution is 0.0981. The number of hydrogen-bond donors (Lipinski definition) is 1. The minimum Gasteiger partial charge on any atom is -0.268 e. The first kappa shape index (κ1) is 14.4. The molecular formula is C12H8ClFN2O3S. The van der Waals surface area contributed by atoms with E-state index in [9.17, 15) is 17.6 Å². The van der Waals surface area contributed by atoms with Crippen LogP contribution < -0.4 is 4.72 Å². The number of rotatable bonds is 3. The number of pyridine rings is 1. The Balaban J connectivity index is 2.33.